The molecule has 27 heavy (non-hydrogen) atoms. The number of hydrogen-bond donors (Lipinski definition) is 2. The second-order valence-electron chi connectivity index (χ2n) is 6.16. The molecule has 0 spiro atoms. The average molecular weight is 371 g/mol. The van der Waals surface area contributed by atoms with Gasteiger partial charge in [0.2, 0.25) is 0 Å². The first kappa shape index (κ1) is 20.3. The van der Waals surface area contributed by atoms with Crippen molar-refractivity contribution < 1.29 is 19.1 Å². The average Bonchev–Trinajstić information content (AvgIpc) is 2.67. The van der Waals surface area contributed by atoms with Crippen LogP contribution in [0.2, 0.25) is 0 Å². The predicted molar refractivity (Wildman–Crippen MR) is 105 cm³/mol. The number of likely N-dealkylation sites (N-methyl/N-ethyl adjacent to an activating group) is 1. The molecule has 2 amide bonds. The molecule has 0 saturated carbocycles. The number of ether oxygens (including phenoxy) is 2. The minimum absolute atomic E-state index is 0.217. The molecule has 2 aromatic rings. The number of methoxy groups -OCH3 is 2. The lowest BCUT2D eigenvalue weighted by molar-refractivity contribution is 0.0951. The summed E-state index contributed by atoms with van der Waals surface area (Å²) < 4.78 is 10.5. The summed E-state index contributed by atoms with van der Waals surface area (Å²) in [7, 11) is 6.94. The van der Waals surface area contributed by atoms with Gasteiger partial charge < -0.3 is 25.0 Å². The summed E-state index contributed by atoms with van der Waals surface area (Å²) in [6.45, 7) is 1.27. The van der Waals surface area contributed by atoms with Crippen LogP contribution in [0.3, 0.4) is 0 Å². The Hall–Kier alpha value is -3.06. The van der Waals surface area contributed by atoms with Gasteiger partial charge in [-0.2, -0.15) is 0 Å². The van der Waals surface area contributed by atoms with Crippen LogP contribution in [0.15, 0.2) is 42.5 Å². The van der Waals surface area contributed by atoms with Gasteiger partial charge in [-0.25, -0.2) is 0 Å². The van der Waals surface area contributed by atoms with Gasteiger partial charge in [0.25, 0.3) is 11.8 Å². The van der Waals surface area contributed by atoms with Gasteiger partial charge in [-0.3, -0.25) is 9.59 Å². The Bertz CT molecular complexity index is 806. The molecule has 0 fully saturated rings. The Morgan fingerprint density at radius 1 is 0.963 bits per heavy atom. The molecule has 0 aliphatic heterocycles. The molecule has 0 unspecified atom stereocenters. The second-order valence-corrected chi connectivity index (χ2v) is 6.16. The number of rotatable bonds is 8. The van der Waals surface area contributed by atoms with E-state index in [9.17, 15) is 9.59 Å². The molecule has 0 atom stereocenters. The van der Waals surface area contributed by atoms with Crippen LogP contribution in [0.25, 0.3) is 0 Å². The van der Waals surface area contributed by atoms with Crippen LogP contribution in [0.4, 0.5) is 5.69 Å². The number of nitrogens with zero attached hydrogens (tertiary/aromatic N) is 1. The SMILES string of the molecule is COc1ccc(OC)c(NC(=O)c2cccc(C(=O)NCCN(C)C)c2)c1. The fourth-order valence-electron chi connectivity index (χ4n) is 2.40. The summed E-state index contributed by atoms with van der Waals surface area (Å²) in [6, 6.07) is 11.7. The van der Waals surface area contributed by atoms with E-state index in [-0.39, 0.29) is 11.8 Å². The Kier molecular flexibility index (Phi) is 7.19. The van der Waals surface area contributed by atoms with Crippen molar-refractivity contribution in [2.24, 2.45) is 0 Å². The zero-order valence-corrected chi connectivity index (χ0v) is 16.0. The molecule has 0 radical (unpaired) electrons. The highest BCUT2D eigenvalue weighted by molar-refractivity contribution is 6.06. The standard InChI is InChI=1S/C20H25N3O4/c1-23(2)11-10-21-19(24)14-6-5-7-15(12-14)20(25)22-17-13-16(26-3)8-9-18(17)27-4/h5-9,12-13H,10-11H2,1-4H3,(H,21,24)(H,22,25). The van der Waals surface area contributed by atoms with Crippen molar-refractivity contribution in [3.63, 3.8) is 0 Å². The molecular weight excluding hydrogens is 346 g/mol. The van der Waals surface area contributed by atoms with Gasteiger partial charge in [0, 0.05) is 30.3 Å². The van der Waals surface area contributed by atoms with Crippen molar-refractivity contribution in [3.8, 4) is 11.5 Å². The zero-order valence-electron chi connectivity index (χ0n) is 16.0. The van der Waals surface area contributed by atoms with Crippen LogP contribution in [0.5, 0.6) is 11.5 Å². The molecule has 0 saturated heterocycles. The Morgan fingerprint density at radius 2 is 1.67 bits per heavy atom. The molecule has 0 aliphatic rings. The van der Waals surface area contributed by atoms with E-state index in [1.165, 1.54) is 7.11 Å². The van der Waals surface area contributed by atoms with Crippen molar-refractivity contribution in [1.29, 1.82) is 0 Å². The molecule has 7 heteroatoms. The van der Waals surface area contributed by atoms with E-state index in [4.69, 9.17) is 9.47 Å². The minimum Gasteiger partial charge on any atom is -0.497 e. The lowest BCUT2D eigenvalue weighted by atomic mass is 10.1. The fourth-order valence-corrected chi connectivity index (χ4v) is 2.40. The topological polar surface area (TPSA) is 79.9 Å². The molecule has 0 bridgehead atoms. The van der Waals surface area contributed by atoms with E-state index in [1.807, 2.05) is 19.0 Å². The normalized spacial score (nSPS) is 10.4. The van der Waals surface area contributed by atoms with Gasteiger partial charge in [0.1, 0.15) is 11.5 Å². The number of hydrogen-bond acceptors (Lipinski definition) is 5. The first-order valence-electron chi connectivity index (χ1n) is 8.51. The molecular formula is C20H25N3O4. The third-order valence-corrected chi connectivity index (χ3v) is 3.89. The smallest absolute Gasteiger partial charge is 0.255 e. The Balaban J connectivity index is 2.12. The maximum Gasteiger partial charge on any atom is 0.255 e. The van der Waals surface area contributed by atoms with E-state index < -0.39 is 0 Å². The van der Waals surface area contributed by atoms with Crippen LogP contribution in [0, 0.1) is 0 Å². The monoisotopic (exact) mass is 371 g/mol. The lowest BCUT2D eigenvalue weighted by Gasteiger charge is -2.13. The van der Waals surface area contributed by atoms with Crippen molar-refractivity contribution in [1.82, 2.24) is 10.2 Å². The van der Waals surface area contributed by atoms with Crippen LogP contribution < -0.4 is 20.1 Å². The maximum atomic E-state index is 12.6. The quantitative estimate of drug-likeness (QED) is 0.744. The molecule has 144 valence electrons. The molecule has 2 rings (SSSR count). The molecule has 0 aromatic heterocycles. The molecule has 7 nitrogen and oxygen atoms in total. The first-order valence-corrected chi connectivity index (χ1v) is 8.51. The van der Waals surface area contributed by atoms with Crippen LogP contribution >= 0.6 is 0 Å². The fraction of sp³-hybridized carbons (Fsp3) is 0.300. The molecule has 0 aliphatic carbocycles. The third kappa shape index (κ3) is 5.72. The highest BCUT2D eigenvalue weighted by Gasteiger charge is 2.13. The first-order chi connectivity index (χ1) is 12.9. The summed E-state index contributed by atoms with van der Waals surface area (Å²) in [6.07, 6.45) is 0. The van der Waals surface area contributed by atoms with Crippen LogP contribution in [0.1, 0.15) is 20.7 Å². The van der Waals surface area contributed by atoms with E-state index in [0.29, 0.717) is 34.9 Å². The molecule has 2 aromatic carbocycles. The van der Waals surface area contributed by atoms with Gasteiger partial charge in [0.15, 0.2) is 0 Å². The summed E-state index contributed by atoms with van der Waals surface area (Å²) in [4.78, 5) is 26.8. The Labute approximate surface area is 159 Å². The number of carbonyl (C=O) groups excluding carboxylic acids is 2. The maximum absolute atomic E-state index is 12.6. The van der Waals surface area contributed by atoms with Crippen molar-refractivity contribution in [2.45, 2.75) is 0 Å². The van der Waals surface area contributed by atoms with E-state index in [0.717, 1.165) is 6.54 Å². The summed E-state index contributed by atoms with van der Waals surface area (Å²) in [5, 5.41) is 5.63. The molecule has 2 N–H and O–H groups in total. The summed E-state index contributed by atoms with van der Waals surface area (Å²) >= 11 is 0. The predicted octanol–water partition coefficient (Wildman–Crippen LogP) is 2.25. The minimum atomic E-state index is -0.343. The van der Waals surface area contributed by atoms with Gasteiger partial charge in [0.05, 0.1) is 19.9 Å². The molecule has 0 heterocycles. The number of carbonyl (C=O) groups is 2. The highest BCUT2D eigenvalue weighted by atomic mass is 16.5. The van der Waals surface area contributed by atoms with Gasteiger partial charge in [-0.15, -0.1) is 0 Å². The van der Waals surface area contributed by atoms with Crippen LogP contribution in [-0.4, -0.2) is 58.1 Å². The zero-order chi connectivity index (χ0) is 19.8. The highest BCUT2D eigenvalue weighted by Crippen LogP contribution is 2.29. The third-order valence-electron chi connectivity index (χ3n) is 3.89. The van der Waals surface area contributed by atoms with E-state index in [2.05, 4.69) is 10.6 Å². The largest absolute Gasteiger partial charge is 0.497 e. The number of anilines is 1. The van der Waals surface area contributed by atoms with Crippen LogP contribution in [-0.2, 0) is 0 Å². The van der Waals surface area contributed by atoms with Crippen molar-refractivity contribution >= 4 is 17.5 Å². The summed E-state index contributed by atoms with van der Waals surface area (Å²) in [5.74, 6) is 0.553. The van der Waals surface area contributed by atoms with E-state index >= 15 is 0 Å². The number of nitrogens with one attached hydrogen (secondary N) is 2. The van der Waals surface area contributed by atoms with Gasteiger partial charge in [-0.1, -0.05) is 6.07 Å². The van der Waals surface area contributed by atoms with Crippen molar-refractivity contribution in [3.05, 3.63) is 53.6 Å². The number of amides is 2. The second kappa shape index (κ2) is 9.59. The lowest BCUT2D eigenvalue weighted by Crippen LogP contribution is -2.31. The van der Waals surface area contributed by atoms with Gasteiger partial charge >= 0.3 is 0 Å². The summed E-state index contributed by atoms with van der Waals surface area (Å²) in [5.41, 5.74) is 1.29. The Morgan fingerprint density at radius 3 is 2.30 bits per heavy atom. The number of benzene rings is 2. The van der Waals surface area contributed by atoms with Crippen molar-refractivity contribution in [2.75, 3.05) is 46.7 Å². The van der Waals surface area contributed by atoms with Gasteiger partial charge in [-0.05, 0) is 44.4 Å². The van der Waals surface area contributed by atoms with E-state index in [1.54, 1.807) is 49.6 Å².